The number of hydrogen-bond donors (Lipinski definition) is 2. The Kier molecular flexibility index (Phi) is 5.10. The van der Waals surface area contributed by atoms with Crippen molar-refractivity contribution in [3.63, 3.8) is 0 Å². The van der Waals surface area contributed by atoms with Crippen LogP contribution in [0.4, 0.5) is 0 Å². The van der Waals surface area contributed by atoms with Crippen molar-refractivity contribution in [1.82, 2.24) is 5.32 Å². The van der Waals surface area contributed by atoms with Gasteiger partial charge in [-0.2, -0.15) is 0 Å². The summed E-state index contributed by atoms with van der Waals surface area (Å²) in [5.41, 5.74) is -0.776. The lowest BCUT2D eigenvalue weighted by atomic mass is 9.83. The summed E-state index contributed by atoms with van der Waals surface area (Å²) < 4.78 is 0. The molecule has 1 aromatic rings. The zero-order chi connectivity index (χ0) is 14.5. The number of rotatable bonds is 6. The van der Waals surface area contributed by atoms with E-state index in [1.54, 1.807) is 31.2 Å². The van der Waals surface area contributed by atoms with Crippen molar-refractivity contribution >= 4 is 11.9 Å². The van der Waals surface area contributed by atoms with Crippen molar-refractivity contribution in [1.29, 1.82) is 0 Å². The molecule has 1 rings (SSSR count). The molecule has 0 aliphatic heterocycles. The maximum absolute atomic E-state index is 12.1. The Morgan fingerprint density at radius 1 is 1.32 bits per heavy atom. The SMILES string of the molecule is CCCC(C)C(C)(NC(=O)c1ccccc1)C(=O)O. The number of carboxylic acids is 1. The number of carboxylic acid groups (broad SMARTS) is 1. The topological polar surface area (TPSA) is 66.4 Å². The van der Waals surface area contributed by atoms with E-state index in [-0.39, 0.29) is 11.8 Å². The highest BCUT2D eigenvalue weighted by Gasteiger charge is 2.40. The third-order valence-corrected chi connectivity index (χ3v) is 3.56. The van der Waals surface area contributed by atoms with Gasteiger partial charge in [-0.15, -0.1) is 0 Å². The molecule has 0 aromatic heterocycles. The minimum absolute atomic E-state index is 0.136. The fraction of sp³-hybridized carbons (Fsp3) is 0.467. The number of carbonyl (C=O) groups excluding carboxylic acids is 1. The highest BCUT2D eigenvalue weighted by Crippen LogP contribution is 2.22. The van der Waals surface area contributed by atoms with Crippen LogP contribution < -0.4 is 5.32 Å². The summed E-state index contributed by atoms with van der Waals surface area (Å²) in [4.78, 5) is 23.6. The lowest BCUT2D eigenvalue weighted by Crippen LogP contribution is -2.56. The fourth-order valence-corrected chi connectivity index (χ4v) is 2.01. The van der Waals surface area contributed by atoms with Crippen molar-refractivity contribution in [3.05, 3.63) is 35.9 Å². The summed E-state index contributed by atoms with van der Waals surface area (Å²) in [6, 6.07) is 8.65. The number of amides is 1. The van der Waals surface area contributed by atoms with Crippen molar-refractivity contribution < 1.29 is 14.7 Å². The van der Waals surface area contributed by atoms with Gasteiger partial charge in [0.25, 0.3) is 5.91 Å². The van der Waals surface area contributed by atoms with E-state index < -0.39 is 11.5 Å². The first-order valence-corrected chi connectivity index (χ1v) is 6.52. The minimum atomic E-state index is -1.25. The van der Waals surface area contributed by atoms with Crippen LogP contribution in [0.5, 0.6) is 0 Å². The molecule has 0 spiro atoms. The largest absolute Gasteiger partial charge is 0.480 e. The van der Waals surface area contributed by atoms with Gasteiger partial charge in [-0.05, 0) is 31.4 Å². The molecule has 2 unspecified atom stereocenters. The van der Waals surface area contributed by atoms with Gasteiger partial charge in [0.15, 0.2) is 0 Å². The van der Waals surface area contributed by atoms with Gasteiger partial charge in [0.1, 0.15) is 5.54 Å². The number of aliphatic carboxylic acids is 1. The first kappa shape index (κ1) is 15.2. The predicted octanol–water partition coefficient (Wildman–Crippen LogP) is 2.70. The van der Waals surface area contributed by atoms with E-state index in [1.807, 2.05) is 19.9 Å². The second-order valence-corrected chi connectivity index (χ2v) is 5.02. The van der Waals surface area contributed by atoms with E-state index in [9.17, 15) is 14.7 Å². The summed E-state index contributed by atoms with van der Waals surface area (Å²) in [6.07, 6.45) is 1.63. The molecular weight excluding hydrogens is 242 g/mol. The summed E-state index contributed by atoms with van der Waals surface area (Å²) >= 11 is 0. The van der Waals surface area contributed by atoms with Gasteiger partial charge in [0.05, 0.1) is 0 Å². The Labute approximate surface area is 113 Å². The molecule has 0 bridgehead atoms. The van der Waals surface area contributed by atoms with Gasteiger partial charge >= 0.3 is 5.97 Å². The quantitative estimate of drug-likeness (QED) is 0.829. The van der Waals surface area contributed by atoms with E-state index >= 15 is 0 Å². The molecule has 0 aliphatic carbocycles. The van der Waals surface area contributed by atoms with E-state index in [2.05, 4.69) is 5.32 Å². The monoisotopic (exact) mass is 263 g/mol. The number of benzene rings is 1. The Bertz CT molecular complexity index is 444. The standard InChI is InChI=1S/C15H21NO3/c1-4-8-11(2)15(3,14(18)19)16-13(17)12-9-6-5-7-10-12/h5-7,9-11H,4,8H2,1-3H3,(H,16,17)(H,18,19). The molecule has 0 radical (unpaired) electrons. The summed E-state index contributed by atoms with van der Waals surface area (Å²) in [7, 11) is 0. The fourth-order valence-electron chi connectivity index (χ4n) is 2.01. The second-order valence-electron chi connectivity index (χ2n) is 5.02. The third kappa shape index (κ3) is 3.56. The number of nitrogens with one attached hydrogen (secondary N) is 1. The van der Waals surface area contributed by atoms with Crippen LogP contribution in [0, 0.1) is 5.92 Å². The average molecular weight is 263 g/mol. The van der Waals surface area contributed by atoms with Crippen molar-refractivity contribution in [2.45, 2.75) is 39.2 Å². The predicted molar refractivity (Wildman–Crippen MR) is 74.0 cm³/mol. The van der Waals surface area contributed by atoms with Crippen LogP contribution in [-0.2, 0) is 4.79 Å². The Morgan fingerprint density at radius 3 is 2.37 bits per heavy atom. The lowest BCUT2D eigenvalue weighted by Gasteiger charge is -2.32. The van der Waals surface area contributed by atoms with Crippen LogP contribution in [0.25, 0.3) is 0 Å². The maximum atomic E-state index is 12.1. The molecule has 4 nitrogen and oxygen atoms in total. The number of carbonyl (C=O) groups is 2. The third-order valence-electron chi connectivity index (χ3n) is 3.56. The van der Waals surface area contributed by atoms with Crippen LogP contribution >= 0.6 is 0 Å². The first-order valence-electron chi connectivity index (χ1n) is 6.52. The van der Waals surface area contributed by atoms with Crippen LogP contribution in [0.1, 0.15) is 44.0 Å². The first-order chi connectivity index (χ1) is 8.91. The zero-order valence-corrected chi connectivity index (χ0v) is 11.6. The Morgan fingerprint density at radius 2 is 1.89 bits per heavy atom. The van der Waals surface area contributed by atoms with Gasteiger partial charge in [-0.3, -0.25) is 4.79 Å². The molecule has 19 heavy (non-hydrogen) atoms. The smallest absolute Gasteiger partial charge is 0.329 e. The van der Waals surface area contributed by atoms with Crippen LogP contribution in [0.3, 0.4) is 0 Å². The highest BCUT2D eigenvalue weighted by molar-refractivity contribution is 5.97. The van der Waals surface area contributed by atoms with E-state index in [4.69, 9.17) is 0 Å². The minimum Gasteiger partial charge on any atom is -0.480 e. The molecule has 0 fully saturated rings. The van der Waals surface area contributed by atoms with Crippen LogP contribution in [-0.4, -0.2) is 22.5 Å². The van der Waals surface area contributed by atoms with Crippen molar-refractivity contribution in [3.8, 4) is 0 Å². The van der Waals surface area contributed by atoms with Crippen molar-refractivity contribution in [2.75, 3.05) is 0 Å². The van der Waals surface area contributed by atoms with E-state index in [1.165, 1.54) is 0 Å². The molecule has 104 valence electrons. The Hall–Kier alpha value is -1.84. The summed E-state index contributed by atoms with van der Waals surface area (Å²) in [6.45, 7) is 5.41. The molecule has 1 amide bonds. The van der Waals surface area contributed by atoms with Gasteiger partial charge < -0.3 is 10.4 Å². The number of hydrogen-bond acceptors (Lipinski definition) is 2. The van der Waals surface area contributed by atoms with Gasteiger partial charge in [0.2, 0.25) is 0 Å². The molecule has 0 saturated carbocycles. The maximum Gasteiger partial charge on any atom is 0.329 e. The molecular formula is C15H21NO3. The van der Waals surface area contributed by atoms with Crippen LogP contribution in [0.15, 0.2) is 30.3 Å². The Balaban J connectivity index is 2.91. The lowest BCUT2D eigenvalue weighted by molar-refractivity contribution is -0.146. The van der Waals surface area contributed by atoms with Gasteiger partial charge in [-0.25, -0.2) is 4.79 Å². The van der Waals surface area contributed by atoms with E-state index in [0.29, 0.717) is 5.56 Å². The molecule has 4 heteroatoms. The summed E-state index contributed by atoms with van der Waals surface area (Å²) in [5, 5.41) is 12.1. The van der Waals surface area contributed by atoms with Crippen molar-refractivity contribution in [2.24, 2.45) is 5.92 Å². The molecule has 1 aromatic carbocycles. The average Bonchev–Trinajstić information content (AvgIpc) is 2.39. The molecule has 2 atom stereocenters. The highest BCUT2D eigenvalue weighted by atomic mass is 16.4. The van der Waals surface area contributed by atoms with Gasteiger partial charge in [0, 0.05) is 5.56 Å². The summed E-state index contributed by atoms with van der Waals surface area (Å²) in [5.74, 6) is -1.49. The van der Waals surface area contributed by atoms with Gasteiger partial charge in [-0.1, -0.05) is 38.5 Å². The molecule has 2 N–H and O–H groups in total. The van der Waals surface area contributed by atoms with Crippen LogP contribution in [0.2, 0.25) is 0 Å². The van der Waals surface area contributed by atoms with E-state index in [0.717, 1.165) is 12.8 Å². The normalized spacial score (nSPS) is 15.3. The molecule has 0 saturated heterocycles. The molecule has 0 aliphatic rings. The second kappa shape index (κ2) is 6.36. The molecule has 0 heterocycles. The zero-order valence-electron chi connectivity index (χ0n) is 11.6.